The Kier molecular flexibility index (Phi) is 7.27. The Morgan fingerprint density at radius 3 is 2.67 bits per heavy atom. The summed E-state index contributed by atoms with van der Waals surface area (Å²) in [6.07, 6.45) is 3.30. The highest BCUT2D eigenvalue weighted by molar-refractivity contribution is 9.10. The fourth-order valence-corrected chi connectivity index (χ4v) is 2.84. The summed E-state index contributed by atoms with van der Waals surface area (Å²) in [7, 11) is 1.83. The highest BCUT2D eigenvalue weighted by atomic mass is 79.9. The van der Waals surface area contributed by atoms with Crippen LogP contribution in [0.1, 0.15) is 29.6 Å². The first kappa shape index (κ1) is 16.0. The normalized spacial score (nSPS) is 10.4. The van der Waals surface area contributed by atoms with Gasteiger partial charge in [0.05, 0.1) is 5.56 Å². The second-order valence-electron chi connectivity index (χ2n) is 4.10. The zero-order valence-electron chi connectivity index (χ0n) is 10.3. The van der Waals surface area contributed by atoms with Crippen molar-refractivity contribution in [2.45, 2.75) is 19.3 Å². The first-order valence-corrected chi connectivity index (χ1v) is 8.12. The van der Waals surface area contributed by atoms with Gasteiger partial charge in [0.15, 0.2) is 0 Å². The van der Waals surface area contributed by atoms with Gasteiger partial charge in [-0.25, -0.2) is 0 Å². The monoisotopic (exact) mass is 395 g/mol. The number of alkyl halides is 1. The van der Waals surface area contributed by atoms with Crippen LogP contribution in [0.25, 0.3) is 0 Å². The Balaban J connectivity index is 2.57. The van der Waals surface area contributed by atoms with Crippen molar-refractivity contribution in [1.29, 1.82) is 0 Å². The molecule has 0 saturated carbocycles. The maximum Gasteiger partial charge on any atom is 0.254 e. The van der Waals surface area contributed by atoms with Crippen LogP contribution >= 0.6 is 43.5 Å². The number of amides is 1. The van der Waals surface area contributed by atoms with Gasteiger partial charge in [-0.2, -0.15) is 0 Å². The molecule has 0 unspecified atom stereocenters. The number of benzene rings is 1. The average Bonchev–Trinajstić information content (AvgIpc) is 2.33. The van der Waals surface area contributed by atoms with E-state index in [1.165, 1.54) is 0 Å². The molecule has 1 aromatic rings. The number of rotatable bonds is 6. The molecule has 0 heterocycles. The minimum Gasteiger partial charge on any atom is -0.342 e. The van der Waals surface area contributed by atoms with Gasteiger partial charge in [-0.15, -0.1) is 0 Å². The van der Waals surface area contributed by atoms with Gasteiger partial charge in [0.25, 0.3) is 5.91 Å². The van der Waals surface area contributed by atoms with E-state index >= 15 is 0 Å². The number of carbonyl (C=O) groups is 1. The predicted molar refractivity (Wildman–Crippen MR) is 83.8 cm³/mol. The highest BCUT2D eigenvalue weighted by Gasteiger charge is 2.14. The van der Waals surface area contributed by atoms with Crippen molar-refractivity contribution in [3.05, 3.63) is 33.3 Å². The molecule has 18 heavy (non-hydrogen) atoms. The van der Waals surface area contributed by atoms with Crippen molar-refractivity contribution in [3.8, 4) is 0 Å². The number of carbonyl (C=O) groups excluding carboxylic acids is 1. The van der Waals surface area contributed by atoms with Crippen LogP contribution < -0.4 is 0 Å². The van der Waals surface area contributed by atoms with Crippen LogP contribution in [0, 0.1) is 0 Å². The predicted octanol–water partition coefficient (Wildman–Crippen LogP) is 4.74. The van der Waals surface area contributed by atoms with Crippen molar-refractivity contribution in [2.75, 3.05) is 18.9 Å². The Morgan fingerprint density at radius 2 is 2.06 bits per heavy atom. The summed E-state index contributed by atoms with van der Waals surface area (Å²) < 4.78 is 0.743. The lowest BCUT2D eigenvalue weighted by atomic mass is 10.2. The van der Waals surface area contributed by atoms with Crippen molar-refractivity contribution < 1.29 is 4.79 Å². The molecule has 0 saturated heterocycles. The molecule has 0 bridgehead atoms. The maximum atomic E-state index is 12.2. The molecule has 0 aliphatic rings. The van der Waals surface area contributed by atoms with Gasteiger partial charge in [-0.05, 0) is 47.0 Å². The van der Waals surface area contributed by atoms with Crippen molar-refractivity contribution >= 4 is 49.4 Å². The Bertz CT molecular complexity index is 412. The van der Waals surface area contributed by atoms with Crippen LogP contribution in [0.4, 0.5) is 0 Å². The van der Waals surface area contributed by atoms with Crippen LogP contribution in [-0.4, -0.2) is 29.7 Å². The lowest BCUT2D eigenvalue weighted by Crippen LogP contribution is -2.28. The molecule has 0 atom stereocenters. The van der Waals surface area contributed by atoms with Gasteiger partial charge in [0, 0.05) is 28.4 Å². The molecule has 0 aliphatic heterocycles. The van der Waals surface area contributed by atoms with E-state index in [0.29, 0.717) is 10.6 Å². The van der Waals surface area contributed by atoms with Gasteiger partial charge in [0.1, 0.15) is 0 Å². The SMILES string of the molecule is CN(CCCCCBr)C(=O)c1ccc(Cl)cc1Br. The molecule has 1 aromatic carbocycles. The minimum absolute atomic E-state index is 0.0254. The zero-order chi connectivity index (χ0) is 13.5. The molecule has 0 radical (unpaired) electrons. The first-order chi connectivity index (χ1) is 8.56. The molecule has 5 heteroatoms. The van der Waals surface area contributed by atoms with E-state index in [9.17, 15) is 4.79 Å². The lowest BCUT2D eigenvalue weighted by Gasteiger charge is -2.18. The molecule has 0 spiro atoms. The fourth-order valence-electron chi connectivity index (χ4n) is 1.59. The quantitative estimate of drug-likeness (QED) is 0.502. The Hall–Kier alpha value is -0.0600. The largest absolute Gasteiger partial charge is 0.342 e. The lowest BCUT2D eigenvalue weighted by molar-refractivity contribution is 0.0792. The topological polar surface area (TPSA) is 20.3 Å². The van der Waals surface area contributed by atoms with Gasteiger partial charge in [-0.3, -0.25) is 4.79 Å². The average molecular weight is 398 g/mol. The van der Waals surface area contributed by atoms with Crippen molar-refractivity contribution in [2.24, 2.45) is 0 Å². The molecule has 0 fully saturated rings. The highest BCUT2D eigenvalue weighted by Crippen LogP contribution is 2.22. The third kappa shape index (κ3) is 4.90. The number of nitrogens with zero attached hydrogens (tertiary/aromatic N) is 1. The van der Waals surface area contributed by atoms with E-state index in [1.807, 2.05) is 7.05 Å². The van der Waals surface area contributed by atoms with E-state index < -0.39 is 0 Å². The number of unbranched alkanes of at least 4 members (excludes halogenated alkanes) is 2. The Morgan fingerprint density at radius 1 is 1.33 bits per heavy atom. The van der Waals surface area contributed by atoms with Gasteiger partial charge >= 0.3 is 0 Å². The van der Waals surface area contributed by atoms with Crippen LogP contribution in [0.2, 0.25) is 5.02 Å². The molecule has 100 valence electrons. The summed E-state index contributed by atoms with van der Waals surface area (Å²) in [5.74, 6) is 0.0254. The van der Waals surface area contributed by atoms with Crippen LogP contribution in [0.5, 0.6) is 0 Å². The molecule has 0 aliphatic carbocycles. The second-order valence-corrected chi connectivity index (χ2v) is 6.18. The molecule has 1 rings (SSSR count). The molecule has 2 nitrogen and oxygen atoms in total. The van der Waals surface area contributed by atoms with E-state index in [0.717, 1.165) is 35.6 Å². The zero-order valence-corrected chi connectivity index (χ0v) is 14.2. The number of halogens is 3. The van der Waals surface area contributed by atoms with Gasteiger partial charge in [0.2, 0.25) is 0 Å². The third-order valence-corrected chi connectivity index (χ3v) is 4.09. The summed E-state index contributed by atoms with van der Waals surface area (Å²) in [5.41, 5.74) is 0.655. The molecule has 1 amide bonds. The summed E-state index contributed by atoms with van der Waals surface area (Å²) in [6.45, 7) is 0.779. The second kappa shape index (κ2) is 8.18. The molecule has 0 N–H and O–H groups in total. The van der Waals surface area contributed by atoms with Crippen LogP contribution in [-0.2, 0) is 0 Å². The third-order valence-electron chi connectivity index (χ3n) is 2.64. The van der Waals surface area contributed by atoms with E-state index in [2.05, 4.69) is 31.9 Å². The van der Waals surface area contributed by atoms with Crippen molar-refractivity contribution in [3.63, 3.8) is 0 Å². The Labute approximate surface area is 130 Å². The number of hydrogen-bond donors (Lipinski definition) is 0. The van der Waals surface area contributed by atoms with Crippen molar-refractivity contribution in [1.82, 2.24) is 4.90 Å². The fraction of sp³-hybridized carbons (Fsp3) is 0.462. The van der Waals surface area contributed by atoms with E-state index in [1.54, 1.807) is 23.1 Å². The van der Waals surface area contributed by atoms with Gasteiger partial charge < -0.3 is 4.90 Å². The standard InChI is InChI=1S/C13H16Br2ClNO/c1-17(8-4-2-3-7-14)13(18)11-6-5-10(16)9-12(11)15/h5-6,9H,2-4,7-8H2,1H3. The molecular weight excluding hydrogens is 381 g/mol. The van der Waals surface area contributed by atoms with Gasteiger partial charge in [-0.1, -0.05) is 34.0 Å². The summed E-state index contributed by atoms with van der Waals surface area (Å²) in [4.78, 5) is 13.9. The summed E-state index contributed by atoms with van der Waals surface area (Å²) in [5, 5.41) is 1.64. The van der Waals surface area contributed by atoms with Crippen LogP contribution in [0.15, 0.2) is 22.7 Å². The number of hydrogen-bond acceptors (Lipinski definition) is 1. The minimum atomic E-state index is 0.0254. The molecular formula is C13H16Br2ClNO. The smallest absolute Gasteiger partial charge is 0.254 e. The van der Waals surface area contributed by atoms with E-state index in [4.69, 9.17) is 11.6 Å². The van der Waals surface area contributed by atoms with Crippen LogP contribution in [0.3, 0.4) is 0 Å². The first-order valence-electron chi connectivity index (χ1n) is 5.82. The summed E-state index contributed by atoms with van der Waals surface area (Å²) >= 11 is 12.6. The molecule has 0 aromatic heterocycles. The van der Waals surface area contributed by atoms with E-state index in [-0.39, 0.29) is 5.91 Å². The summed E-state index contributed by atoms with van der Waals surface area (Å²) in [6, 6.07) is 5.23. The maximum absolute atomic E-state index is 12.2.